The molecule has 0 saturated carbocycles. The van der Waals surface area contributed by atoms with Crippen molar-refractivity contribution in [1.82, 2.24) is 20.5 Å². The first-order valence-electron chi connectivity index (χ1n) is 10.3. The van der Waals surface area contributed by atoms with Crippen molar-refractivity contribution in [3.8, 4) is 17.0 Å². The number of aromatic nitrogens is 3. The summed E-state index contributed by atoms with van der Waals surface area (Å²) < 4.78 is 6.12. The quantitative estimate of drug-likeness (QED) is 0.335. The van der Waals surface area contributed by atoms with Gasteiger partial charge < -0.3 is 15.2 Å². The van der Waals surface area contributed by atoms with Crippen molar-refractivity contribution in [2.75, 3.05) is 6.54 Å². The Morgan fingerprint density at radius 3 is 2.48 bits per heavy atom. The highest BCUT2D eigenvalue weighted by atomic mass is 35.5. The number of hydrogen-bond acceptors (Lipinski definition) is 5. The van der Waals surface area contributed by atoms with Gasteiger partial charge in [0, 0.05) is 41.0 Å². The molecule has 0 saturated heterocycles. The fourth-order valence-electron chi connectivity index (χ4n) is 3.48. The molecule has 4 rings (SSSR count). The van der Waals surface area contributed by atoms with Gasteiger partial charge in [-0.15, -0.1) is 0 Å². The van der Waals surface area contributed by atoms with Crippen LogP contribution < -0.4 is 10.1 Å². The molecule has 1 unspecified atom stereocenters. The summed E-state index contributed by atoms with van der Waals surface area (Å²) in [7, 11) is 0. The number of pyridine rings is 1. The van der Waals surface area contributed by atoms with Gasteiger partial charge in [0.1, 0.15) is 17.5 Å². The van der Waals surface area contributed by atoms with Crippen LogP contribution in [0.5, 0.6) is 5.75 Å². The lowest BCUT2D eigenvalue weighted by Crippen LogP contribution is -2.30. The standard InChI is InChI=1S/C24H22Cl2N4O3/c1-13(31)10-28-24(32)16-5-3-15(4-6-16)23-18-9-17(7-8-21(18)29-30-23)33-14(2)22-19(25)11-27-12-20(22)26/h3-9,11-14,31H,10H2,1-2H3,(H,28,32)(H,29,30)/t13-,14?/m1/s1. The number of halogens is 2. The summed E-state index contributed by atoms with van der Waals surface area (Å²) in [5.41, 5.74) is 3.61. The molecule has 3 N–H and O–H groups in total. The van der Waals surface area contributed by atoms with Gasteiger partial charge in [0.2, 0.25) is 0 Å². The van der Waals surface area contributed by atoms with E-state index in [0.717, 1.165) is 22.2 Å². The van der Waals surface area contributed by atoms with Gasteiger partial charge in [-0.05, 0) is 44.2 Å². The molecule has 2 aromatic heterocycles. The number of rotatable bonds is 7. The second kappa shape index (κ2) is 9.79. The van der Waals surface area contributed by atoms with Gasteiger partial charge in [-0.3, -0.25) is 14.9 Å². The summed E-state index contributed by atoms with van der Waals surface area (Å²) in [5, 5.41) is 21.2. The number of nitrogens with one attached hydrogen (secondary N) is 2. The number of nitrogens with zero attached hydrogens (tertiary/aromatic N) is 2. The molecule has 170 valence electrons. The fourth-order valence-corrected chi connectivity index (χ4v) is 4.15. The van der Waals surface area contributed by atoms with Crippen molar-refractivity contribution in [3.05, 3.63) is 76.0 Å². The SMILES string of the molecule is CC(Oc1ccc2[nH]nc(-c3ccc(C(=O)NC[C@@H](C)O)cc3)c2c1)c1c(Cl)cncc1Cl. The minimum atomic E-state index is -0.603. The Kier molecular flexibility index (Phi) is 6.83. The lowest BCUT2D eigenvalue weighted by atomic mass is 10.1. The van der Waals surface area contributed by atoms with Crippen LogP contribution in [0.1, 0.15) is 35.9 Å². The first-order valence-corrected chi connectivity index (χ1v) is 11.1. The number of aliphatic hydroxyl groups is 1. The molecule has 0 fully saturated rings. The highest BCUT2D eigenvalue weighted by molar-refractivity contribution is 6.35. The molecule has 7 nitrogen and oxygen atoms in total. The van der Waals surface area contributed by atoms with Crippen molar-refractivity contribution in [2.24, 2.45) is 0 Å². The van der Waals surface area contributed by atoms with Gasteiger partial charge >= 0.3 is 0 Å². The Balaban J connectivity index is 1.58. The number of fused-ring (bicyclic) bond motifs is 1. The number of hydrogen-bond donors (Lipinski definition) is 3. The monoisotopic (exact) mass is 484 g/mol. The largest absolute Gasteiger partial charge is 0.486 e. The van der Waals surface area contributed by atoms with E-state index in [1.54, 1.807) is 19.1 Å². The minimum Gasteiger partial charge on any atom is -0.486 e. The molecule has 0 aliphatic carbocycles. The van der Waals surface area contributed by atoms with Crippen LogP contribution >= 0.6 is 23.2 Å². The first kappa shape index (κ1) is 23.0. The summed E-state index contributed by atoms with van der Waals surface area (Å²) in [6.07, 6.45) is 2.08. The van der Waals surface area contributed by atoms with Crippen LogP contribution in [-0.2, 0) is 0 Å². The van der Waals surface area contributed by atoms with Gasteiger partial charge in [-0.25, -0.2) is 0 Å². The maximum absolute atomic E-state index is 12.2. The molecular weight excluding hydrogens is 463 g/mol. The van der Waals surface area contributed by atoms with Crippen molar-refractivity contribution < 1.29 is 14.6 Å². The Morgan fingerprint density at radius 1 is 1.12 bits per heavy atom. The maximum Gasteiger partial charge on any atom is 0.251 e. The number of aromatic amines is 1. The third-order valence-electron chi connectivity index (χ3n) is 5.12. The summed E-state index contributed by atoms with van der Waals surface area (Å²) in [4.78, 5) is 16.2. The van der Waals surface area contributed by atoms with E-state index in [0.29, 0.717) is 26.9 Å². The van der Waals surface area contributed by atoms with E-state index in [9.17, 15) is 9.90 Å². The van der Waals surface area contributed by atoms with Crippen molar-refractivity contribution in [3.63, 3.8) is 0 Å². The van der Waals surface area contributed by atoms with Crippen LogP contribution in [0.25, 0.3) is 22.2 Å². The third-order valence-corrected chi connectivity index (χ3v) is 5.72. The molecule has 9 heteroatoms. The molecule has 1 amide bonds. The number of carbonyl (C=O) groups is 1. The first-order chi connectivity index (χ1) is 15.8. The second-order valence-electron chi connectivity index (χ2n) is 7.69. The number of amides is 1. The van der Waals surface area contributed by atoms with Crippen LogP contribution in [-0.4, -0.2) is 38.8 Å². The van der Waals surface area contributed by atoms with Crippen LogP contribution in [0.15, 0.2) is 54.9 Å². The molecule has 2 heterocycles. The van der Waals surface area contributed by atoms with E-state index in [-0.39, 0.29) is 18.6 Å². The van der Waals surface area contributed by atoms with Crippen LogP contribution in [0.2, 0.25) is 10.0 Å². The third kappa shape index (κ3) is 5.11. The van der Waals surface area contributed by atoms with Gasteiger partial charge in [0.15, 0.2) is 0 Å². The molecule has 0 radical (unpaired) electrons. The highest BCUT2D eigenvalue weighted by Gasteiger charge is 2.17. The number of ether oxygens (including phenoxy) is 1. The average Bonchev–Trinajstić information content (AvgIpc) is 3.20. The maximum atomic E-state index is 12.2. The lowest BCUT2D eigenvalue weighted by molar-refractivity contribution is 0.0924. The van der Waals surface area contributed by atoms with Crippen LogP contribution in [0.4, 0.5) is 0 Å². The zero-order valence-corrected chi connectivity index (χ0v) is 19.5. The Bertz CT molecular complexity index is 1270. The van der Waals surface area contributed by atoms with E-state index in [1.165, 1.54) is 12.4 Å². The molecular formula is C24H22Cl2N4O3. The van der Waals surface area contributed by atoms with E-state index in [1.807, 2.05) is 37.3 Å². The van der Waals surface area contributed by atoms with Gasteiger partial charge in [-0.1, -0.05) is 35.3 Å². The number of H-pyrrole nitrogens is 1. The summed E-state index contributed by atoms with van der Waals surface area (Å²) in [6, 6.07) is 12.8. The predicted octanol–water partition coefficient (Wildman–Crippen LogP) is 5.18. The van der Waals surface area contributed by atoms with Crippen molar-refractivity contribution in [1.29, 1.82) is 0 Å². The van der Waals surface area contributed by atoms with Crippen LogP contribution in [0, 0.1) is 0 Å². The molecule has 2 aromatic carbocycles. The van der Waals surface area contributed by atoms with Gasteiger partial charge in [-0.2, -0.15) is 5.10 Å². The fraction of sp³-hybridized carbons (Fsp3) is 0.208. The molecule has 0 aliphatic heterocycles. The van der Waals surface area contributed by atoms with Gasteiger partial charge in [0.25, 0.3) is 5.91 Å². The molecule has 33 heavy (non-hydrogen) atoms. The summed E-state index contributed by atoms with van der Waals surface area (Å²) in [6.45, 7) is 3.68. The van der Waals surface area contributed by atoms with E-state index in [2.05, 4.69) is 20.5 Å². The average molecular weight is 485 g/mol. The smallest absolute Gasteiger partial charge is 0.251 e. The molecule has 0 bridgehead atoms. The topological polar surface area (TPSA) is 100 Å². The highest BCUT2D eigenvalue weighted by Crippen LogP contribution is 2.34. The minimum absolute atomic E-state index is 0.196. The zero-order chi connectivity index (χ0) is 23.5. The summed E-state index contributed by atoms with van der Waals surface area (Å²) >= 11 is 12.5. The number of benzene rings is 2. The predicted molar refractivity (Wildman–Crippen MR) is 129 cm³/mol. The second-order valence-corrected chi connectivity index (χ2v) is 8.51. The van der Waals surface area contributed by atoms with Gasteiger partial charge in [0.05, 0.1) is 21.7 Å². The lowest BCUT2D eigenvalue weighted by Gasteiger charge is -2.17. The van der Waals surface area contributed by atoms with Crippen LogP contribution in [0.3, 0.4) is 0 Å². The van der Waals surface area contributed by atoms with Crippen molar-refractivity contribution >= 4 is 40.0 Å². The molecule has 2 atom stereocenters. The summed E-state index contributed by atoms with van der Waals surface area (Å²) in [5.74, 6) is 0.392. The molecule has 0 spiro atoms. The van der Waals surface area contributed by atoms with E-state index >= 15 is 0 Å². The number of carbonyl (C=O) groups excluding carboxylic acids is 1. The molecule has 4 aromatic rings. The Morgan fingerprint density at radius 2 is 1.82 bits per heavy atom. The zero-order valence-electron chi connectivity index (χ0n) is 18.0. The van der Waals surface area contributed by atoms with E-state index < -0.39 is 6.10 Å². The van der Waals surface area contributed by atoms with Crippen molar-refractivity contribution in [2.45, 2.75) is 26.1 Å². The van der Waals surface area contributed by atoms with E-state index in [4.69, 9.17) is 27.9 Å². The normalized spacial score (nSPS) is 13.0. The molecule has 0 aliphatic rings. The Hall–Kier alpha value is -3.13. The number of aliphatic hydroxyl groups excluding tert-OH is 1. The Labute approximate surface area is 200 Å².